The van der Waals surface area contributed by atoms with Gasteiger partial charge in [0.05, 0.1) is 5.56 Å². The van der Waals surface area contributed by atoms with E-state index in [0.29, 0.717) is 17.3 Å². The summed E-state index contributed by atoms with van der Waals surface area (Å²) in [6, 6.07) is 6.00. The quantitative estimate of drug-likeness (QED) is 0.795. The van der Waals surface area contributed by atoms with Crippen molar-refractivity contribution in [3.8, 4) is 0 Å². The molecule has 0 unspecified atom stereocenters. The van der Waals surface area contributed by atoms with Crippen LogP contribution >= 0.6 is 0 Å². The first-order chi connectivity index (χ1) is 8.66. The van der Waals surface area contributed by atoms with Crippen molar-refractivity contribution in [2.24, 2.45) is 0 Å². The van der Waals surface area contributed by atoms with Gasteiger partial charge in [-0.05, 0) is 37.5 Å². The molecule has 3 rings (SSSR count). The monoisotopic (exact) mass is 243 g/mol. The molecular formula is C14H17N3O. The van der Waals surface area contributed by atoms with Crippen molar-refractivity contribution in [3.05, 3.63) is 30.0 Å². The van der Waals surface area contributed by atoms with Crippen LogP contribution in [-0.4, -0.2) is 28.9 Å². The van der Waals surface area contributed by atoms with E-state index in [1.807, 2.05) is 30.1 Å². The first-order valence-electron chi connectivity index (χ1n) is 6.30. The Balaban J connectivity index is 1.97. The van der Waals surface area contributed by atoms with Crippen molar-refractivity contribution < 1.29 is 4.79 Å². The van der Waals surface area contributed by atoms with E-state index in [4.69, 9.17) is 5.73 Å². The third-order valence-corrected chi connectivity index (χ3v) is 3.88. The van der Waals surface area contributed by atoms with Crippen LogP contribution < -0.4 is 5.73 Å². The van der Waals surface area contributed by atoms with Crippen LogP contribution in [-0.2, 0) is 0 Å². The molecule has 1 saturated carbocycles. The Labute approximate surface area is 106 Å². The number of carbonyl (C=O) groups is 1. The van der Waals surface area contributed by atoms with Crippen molar-refractivity contribution in [2.45, 2.75) is 25.3 Å². The number of nitrogens with two attached hydrogens (primary N) is 1. The summed E-state index contributed by atoms with van der Waals surface area (Å²) >= 11 is 0. The maximum absolute atomic E-state index is 12.4. The van der Waals surface area contributed by atoms with Gasteiger partial charge in [-0.2, -0.15) is 0 Å². The lowest BCUT2D eigenvalue weighted by atomic mass is 9.91. The molecule has 3 N–H and O–H groups in total. The molecule has 1 heterocycles. The van der Waals surface area contributed by atoms with Crippen LogP contribution in [0.1, 0.15) is 29.6 Å². The van der Waals surface area contributed by atoms with Gasteiger partial charge in [-0.1, -0.05) is 0 Å². The number of anilines is 1. The molecule has 0 radical (unpaired) electrons. The van der Waals surface area contributed by atoms with Crippen LogP contribution in [0.4, 0.5) is 5.69 Å². The number of aromatic amines is 1. The van der Waals surface area contributed by atoms with Gasteiger partial charge in [-0.3, -0.25) is 4.79 Å². The number of rotatable bonds is 2. The second-order valence-corrected chi connectivity index (χ2v) is 5.01. The highest BCUT2D eigenvalue weighted by Gasteiger charge is 2.27. The lowest BCUT2D eigenvalue weighted by Crippen LogP contribution is -2.41. The van der Waals surface area contributed by atoms with Crippen molar-refractivity contribution in [2.75, 3.05) is 12.8 Å². The Kier molecular flexibility index (Phi) is 2.51. The molecule has 1 fully saturated rings. The zero-order chi connectivity index (χ0) is 12.7. The number of H-pyrrole nitrogens is 1. The predicted molar refractivity (Wildman–Crippen MR) is 72.4 cm³/mol. The van der Waals surface area contributed by atoms with Gasteiger partial charge < -0.3 is 15.6 Å². The molecule has 0 bridgehead atoms. The summed E-state index contributed by atoms with van der Waals surface area (Å²) in [5.74, 6) is 0.0801. The first-order valence-corrected chi connectivity index (χ1v) is 6.30. The molecule has 4 nitrogen and oxygen atoms in total. The van der Waals surface area contributed by atoms with Crippen molar-refractivity contribution in [3.63, 3.8) is 0 Å². The summed E-state index contributed by atoms with van der Waals surface area (Å²) in [6.45, 7) is 0. The Hall–Kier alpha value is -1.97. The van der Waals surface area contributed by atoms with Gasteiger partial charge in [-0.15, -0.1) is 0 Å². The molecule has 18 heavy (non-hydrogen) atoms. The van der Waals surface area contributed by atoms with Crippen LogP contribution in [0.2, 0.25) is 0 Å². The third kappa shape index (κ3) is 1.65. The summed E-state index contributed by atoms with van der Waals surface area (Å²) in [6.07, 6.45) is 5.24. The van der Waals surface area contributed by atoms with Gasteiger partial charge in [0.25, 0.3) is 5.91 Å². The maximum Gasteiger partial charge on any atom is 0.256 e. The van der Waals surface area contributed by atoms with Gasteiger partial charge in [0.15, 0.2) is 0 Å². The largest absolute Gasteiger partial charge is 0.399 e. The second-order valence-electron chi connectivity index (χ2n) is 5.01. The average Bonchev–Trinajstić information content (AvgIpc) is 2.68. The Morgan fingerprint density at radius 1 is 1.44 bits per heavy atom. The van der Waals surface area contributed by atoms with Crippen LogP contribution in [0.5, 0.6) is 0 Å². The molecule has 2 aromatic rings. The molecule has 94 valence electrons. The van der Waals surface area contributed by atoms with E-state index in [1.54, 1.807) is 6.20 Å². The van der Waals surface area contributed by atoms with E-state index >= 15 is 0 Å². The normalized spacial score (nSPS) is 15.6. The van der Waals surface area contributed by atoms with Gasteiger partial charge in [0, 0.05) is 35.9 Å². The fourth-order valence-corrected chi connectivity index (χ4v) is 2.44. The van der Waals surface area contributed by atoms with Crippen LogP contribution in [0, 0.1) is 0 Å². The molecule has 0 saturated heterocycles. The van der Waals surface area contributed by atoms with E-state index in [0.717, 1.165) is 23.7 Å². The van der Waals surface area contributed by atoms with Gasteiger partial charge in [-0.25, -0.2) is 0 Å². The first kappa shape index (κ1) is 11.1. The molecule has 1 aromatic carbocycles. The summed E-state index contributed by atoms with van der Waals surface area (Å²) < 4.78 is 0. The summed E-state index contributed by atoms with van der Waals surface area (Å²) in [5.41, 5.74) is 8.14. The fourth-order valence-electron chi connectivity index (χ4n) is 2.44. The number of nitrogens with zero attached hydrogens (tertiary/aromatic N) is 1. The topological polar surface area (TPSA) is 62.1 Å². The van der Waals surface area contributed by atoms with Gasteiger partial charge >= 0.3 is 0 Å². The number of hydrogen-bond donors (Lipinski definition) is 2. The zero-order valence-corrected chi connectivity index (χ0v) is 10.4. The van der Waals surface area contributed by atoms with E-state index in [1.165, 1.54) is 6.42 Å². The highest BCUT2D eigenvalue weighted by Crippen LogP contribution is 2.27. The second kappa shape index (κ2) is 4.05. The molecule has 0 aliphatic heterocycles. The molecule has 1 aromatic heterocycles. The smallest absolute Gasteiger partial charge is 0.256 e. The van der Waals surface area contributed by atoms with Gasteiger partial charge in [0.1, 0.15) is 0 Å². The number of hydrogen-bond acceptors (Lipinski definition) is 2. The third-order valence-electron chi connectivity index (χ3n) is 3.88. The lowest BCUT2D eigenvalue weighted by molar-refractivity contribution is 0.0654. The molecule has 1 aliphatic carbocycles. The molecular weight excluding hydrogens is 226 g/mol. The van der Waals surface area contributed by atoms with E-state index in [2.05, 4.69) is 4.98 Å². The van der Waals surface area contributed by atoms with Crippen LogP contribution in [0.25, 0.3) is 10.9 Å². The highest BCUT2D eigenvalue weighted by molar-refractivity contribution is 6.07. The molecule has 0 spiro atoms. The Bertz CT molecular complexity index is 598. The minimum Gasteiger partial charge on any atom is -0.399 e. The highest BCUT2D eigenvalue weighted by atomic mass is 16.2. The molecule has 4 heteroatoms. The fraction of sp³-hybridized carbons (Fsp3) is 0.357. The van der Waals surface area contributed by atoms with Crippen LogP contribution in [0.15, 0.2) is 24.4 Å². The maximum atomic E-state index is 12.4. The number of aromatic nitrogens is 1. The minimum atomic E-state index is 0.0801. The summed E-state index contributed by atoms with van der Waals surface area (Å²) in [5, 5.41) is 0.908. The van der Waals surface area contributed by atoms with Crippen molar-refractivity contribution >= 4 is 22.5 Å². The zero-order valence-electron chi connectivity index (χ0n) is 10.4. The van der Waals surface area contributed by atoms with Crippen molar-refractivity contribution in [1.82, 2.24) is 9.88 Å². The molecule has 1 amide bonds. The molecule has 1 aliphatic rings. The predicted octanol–water partition coefficient (Wildman–Crippen LogP) is 2.37. The number of nitrogens with one attached hydrogen (secondary N) is 1. The van der Waals surface area contributed by atoms with Crippen LogP contribution in [0.3, 0.4) is 0 Å². The number of carbonyl (C=O) groups excluding carboxylic acids is 1. The van der Waals surface area contributed by atoms with E-state index in [9.17, 15) is 4.79 Å². The number of fused-ring (bicyclic) bond motifs is 1. The SMILES string of the molecule is CN(C(=O)c1c[nH]c2ccc(N)cc12)C1CCC1. The summed E-state index contributed by atoms with van der Waals surface area (Å²) in [7, 11) is 1.89. The Morgan fingerprint density at radius 2 is 2.22 bits per heavy atom. The van der Waals surface area contributed by atoms with Crippen molar-refractivity contribution in [1.29, 1.82) is 0 Å². The number of nitrogen functional groups attached to an aromatic ring is 1. The lowest BCUT2D eigenvalue weighted by Gasteiger charge is -2.34. The molecule has 0 atom stereocenters. The standard InChI is InChI=1S/C14H17N3O/c1-17(10-3-2-4-10)14(18)12-8-16-13-6-5-9(15)7-11(12)13/h5-8,10,16H,2-4,15H2,1H3. The van der Waals surface area contributed by atoms with E-state index < -0.39 is 0 Å². The number of benzene rings is 1. The summed E-state index contributed by atoms with van der Waals surface area (Å²) in [4.78, 5) is 17.4. The minimum absolute atomic E-state index is 0.0801. The van der Waals surface area contributed by atoms with Gasteiger partial charge in [0.2, 0.25) is 0 Å². The number of amides is 1. The van der Waals surface area contributed by atoms with E-state index in [-0.39, 0.29) is 5.91 Å². The average molecular weight is 243 g/mol. The Morgan fingerprint density at radius 3 is 2.89 bits per heavy atom.